The van der Waals surface area contributed by atoms with Gasteiger partial charge in [0.15, 0.2) is 0 Å². The van der Waals surface area contributed by atoms with Crippen LogP contribution in [0.4, 0.5) is 0 Å². The zero-order valence-corrected chi connectivity index (χ0v) is 7.88. The van der Waals surface area contributed by atoms with Gasteiger partial charge in [0.1, 0.15) is 0 Å². The van der Waals surface area contributed by atoms with Crippen molar-refractivity contribution in [3.8, 4) is 0 Å². The summed E-state index contributed by atoms with van der Waals surface area (Å²) in [6.45, 7) is 3.43. The molecule has 2 nitrogen and oxygen atoms in total. The second-order valence-electron chi connectivity index (χ2n) is 4.21. The summed E-state index contributed by atoms with van der Waals surface area (Å²) < 4.78 is 5.29. The van der Waals surface area contributed by atoms with E-state index in [1.165, 1.54) is 32.4 Å². The fourth-order valence-electron chi connectivity index (χ4n) is 2.42. The molecule has 1 heterocycles. The molecule has 2 fully saturated rings. The quantitative estimate of drug-likeness (QED) is 0.684. The molecule has 0 bridgehead atoms. The third-order valence-electron chi connectivity index (χ3n) is 3.29. The minimum atomic E-state index is 0.852. The standard InChI is InChI=1S/C10H19NO/c1-12-7-10(8-2-3-8)9-4-5-11-6-9/h8-11H,2-7H2,1H3. The maximum Gasteiger partial charge on any atom is 0.0496 e. The Hall–Kier alpha value is -0.0800. The minimum absolute atomic E-state index is 0.852. The van der Waals surface area contributed by atoms with Gasteiger partial charge in [-0.25, -0.2) is 0 Å². The summed E-state index contributed by atoms with van der Waals surface area (Å²) in [7, 11) is 1.83. The van der Waals surface area contributed by atoms with Gasteiger partial charge in [0.2, 0.25) is 0 Å². The zero-order chi connectivity index (χ0) is 8.39. The van der Waals surface area contributed by atoms with Gasteiger partial charge in [0.25, 0.3) is 0 Å². The van der Waals surface area contributed by atoms with Crippen LogP contribution in [0, 0.1) is 17.8 Å². The van der Waals surface area contributed by atoms with Gasteiger partial charge in [0, 0.05) is 13.7 Å². The van der Waals surface area contributed by atoms with Crippen molar-refractivity contribution in [1.82, 2.24) is 5.32 Å². The molecule has 0 aromatic heterocycles. The Labute approximate surface area is 74.7 Å². The van der Waals surface area contributed by atoms with Gasteiger partial charge in [-0.3, -0.25) is 0 Å². The SMILES string of the molecule is COCC(C1CC1)C1CCNC1. The Kier molecular flexibility index (Phi) is 2.66. The number of hydrogen-bond donors (Lipinski definition) is 1. The van der Waals surface area contributed by atoms with Crippen LogP contribution in [0.5, 0.6) is 0 Å². The summed E-state index contributed by atoms with van der Waals surface area (Å²) in [4.78, 5) is 0. The van der Waals surface area contributed by atoms with Gasteiger partial charge in [-0.1, -0.05) is 0 Å². The first kappa shape index (κ1) is 8.52. The van der Waals surface area contributed by atoms with Crippen LogP contribution >= 0.6 is 0 Å². The van der Waals surface area contributed by atoms with Crippen LogP contribution in [0.1, 0.15) is 19.3 Å². The van der Waals surface area contributed by atoms with Crippen LogP contribution in [-0.2, 0) is 4.74 Å². The summed E-state index contributed by atoms with van der Waals surface area (Å²) in [6, 6.07) is 0. The number of ether oxygens (including phenoxy) is 1. The molecule has 12 heavy (non-hydrogen) atoms. The monoisotopic (exact) mass is 169 g/mol. The Bertz CT molecular complexity index is 139. The molecular formula is C10H19NO. The van der Waals surface area contributed by atoms with E-state index < -0.39 is 0 Å². The third kappa shape index (κ3) is 1.80. The molecule has 1 saturated heterocycles. The molecule has 0 aromatic rings. The predicted octanol–water partition coefficient (Wildman–Crippen LogP) is 1.27. The average Bonchev–Trinajstić information content (AvgIpc) is 2.77. The zero-order valence-electron chi connectivity index (χ0n) is 7.88. The molecule has 2 rings (SSSR count). The van der Waals surface area contributed by atoms with Crippen molar-refractivity contribution < 1.29 is 4.74 Å². The fraction of sp³-hybridized carbons (Fsp3) is 1.00. The number of nitrogens with one attached hydrogen (secondary N) is 1. The molecule has 1 aliphatic carbocycles. The van der Waals surface area contributed by atoms with E-state index in [0.717, 1.165) is 24.4 Å². The van der Waals surface area contributed by atoms with Crippen LogP contribution in [0.25, 0.3) is 0 Å². The van der Waals surface area contributed by atoms with E-state index in [9.17, 15) is 0 Å². The highest BCUT2D eigenvalue weighted by atomic mass is 16.5. The molecule has 2 atom stereocenters. The van der Waals surface area contributed by atoms with Crippen LogP contribution in [0.2, 0.25) is 0 Å². The van der Waals surface area contributed by atoms with Gasteiger partial charge < -0.3 is 10.1 Å². The van der Waals surface area contributed by atoms with E-state index in [1.54, 1.807) is 0 Å². The lowest BCUT2D eigenvalue weighted by Gasteiger charge is -2.21. The largest absolute Gasteiger partial charge is 0.384 e. The average molecular weight is 169 g/mol. The minimum Gasteiger partial charge on any atom is -0.384 e. The number of hydrogen-bond acceptors (Lipinski definition) is 2. The third-order valence-corrected chi connectivity index (χ3v) is 3.29. The van der Waals surface area contributed by atoms with Crippen molar-refractivity contribution in [2.75, 3.05) is 26.8 Å². The summed E-state index contributed by atoms with van der Waals surface area (Å²) in [5, 5.41) is 3.44. The lowest BCUT2D eigenvalue weighted by Crippen LogP contribution is -2.23. The van der Waals surface area contributed by atoms with Crippen molar-refractivity contribution >= 4 is 0 Å². The molecule has 1 aliphatic heterocycles. The summed E-state index contributed by atoms with van der Waals surface area (Å²) in [5.74, 6) is 2.75. The maximum atomic E-state index is 5.29. The second-order valence-corrected chi connectivity index (χ2v) is 4.21. The van der Waals surface area contributed by atoms with Crippen LogP contribution in [-0.4, -0.2) is 26.8 Å². The predicted molar refractivity (Wildman–Crippen MR) is 49.1 cm³/mol. The lowest BCUT2D eigenvalue weighted by molar-refractivity contribution is 0.112. The maximum absolute atomic E-state index is 5.29. The van der Waals surface area contributed by atoms with Crippen molar-refractivity contribution in [1.29, 1.82) is 0 Å². The van der Waals surface area contributed by atoms with E-state index >= 15 is 0 Å². The normalized spacial score (nSPS) is 32.2. The molecule has 0 aromatic carbocycles. The Morgan fingerprint density at radius 2 is 2.17 bits per heavy atom. The van der Waals surface area contributed by atoms with Gasteiger partial charge in [0.05, 0.1) is 0 Å². The molecule has 1 saturated carbocycles. The molecule has 0 radical (unpaired) electrons. The summed E-state index contributed by atoms with van der Waals surface area (Å²) in [6.07, 6.45) is 4.26. The second kappa shape index (κ2) is 3.75. The molecular weight excluding hydrogens is 150 g/mol. The van der Waals surface area contributed by atoms with Gasteiger partial charge >= 0.3 is 0 Å². The van der Waals surface area contributed by atoms with E-state index in [-0.39, 0.29) is 0 Å². The van der Waals surface area contributed by atoms with Crippen molar-refractivity contribution in [3.05, 3.63) is 0 Å². The molecule has 0 spiro atoms. The highest BCUT2D eigenvalue weighted by Gasteiger charge is 2.37. The number of methoxy groups -OCH3 is 1. The van der Waals surface area contributed by atoms with E-state index in [1.807, 2.05) is 7.11 Å². The van der Waals surface area contributed by atoms with E-state index in [0.29, 0.717) is 0 Å². The number of rotatable bonds is 4. The smallest absolute Gasteiger partial charge is 0.0496 e. The highest BCUT2D eigenvalue weighted by molar-refractivity contribution is 4.88. The Morgan fingerprint density at radius 3 is 2.67 bits per heavy atom. The molecule has 1 N–H and O–H groups in total. The Balaban J connectivity index is 1.85. The van der Waals surface area contributed by atoms with Gasteiger partial charge in [-0.15, -0.1) is 0 Å². The van der Waals surface area contributed by atoms with Crippen molar-refractivity contribution in [2.24, 2.45) is 17.8 Å². The Morgan fingerprint density at radius 1 is 1.33 bits per heavy atom. The summed E-state index contributed by atoms with van der Waals surface area (Å²) >= 11 is 0. The summed E-state index contributed by atoms with van der Waals surface area (Å²) in [5.41, 5.74) is 0. The molecule has 2 heteroatoms. The van der Waals surface area contributed by atoms with Crippen LogP contribution in [0.15, 0.2) is 0 Å². The molecule has 2 aliphatic rings. The van der Waals surface area contributed by atoms with Gasteiger partial charge in [-0.05, 0) is 50.1 Å². The van der Waals surface area contributed by atoms with Crippen LogP contribution < -0.4 is 5.32 Å². The fourth-order valence-corrected chi connectivity index (χ4v) is 2.42. The lowest BCUT2D eigenvalue weighted by atomic mass is 9.88. The first-order valence-electron chi connectivity index (χ1n) is 5.11. The van der Waals surface area contributed by atoms with Gasteiger partial charge in [-0.2, -0.15) is 0 Å². The molecule has 2 unspecified atom stereocenters. The topological polar surface area (TPSA) is 21.3 Å². The van der Waals surface area contributed by atoms with E-state index in [4.69, 9.17) is 4.74 Å². The first-order chi connectivity index (χ1) is 5.92. The first-order valence-corrected chi connectivity index (χ1v) is 5.11. The van der Waals surface area contributed by atoms with Crippen molar-refractivity contribution in [3.63, 3.8) is 0 Å². The van der Waals surface area contributed by atoms with Crippen molar-refractivity contribution in [2.45, 2.75) is 19.3 Å². The molecule has 70 valence electrons. The highest BCUT2D eigenvalue weighted by Crippen LogP contribution is 2.42. The molecule has 0 amide bonds. The van der Waals surface area contributed by atoms with Crippen LogP contribution in [0.3, 0.4) is 0 Å². The van der Waals surface area contributed by atoms with E-state index in [2.05, 4.69) is 5.32 Å².